The topological polar surface area (TPSA) is 60.2 Å². The Labute approximate surface area is 92.5 Å². The molecule has 0 spiro atoms. The SMILES string of the molecule is CC(CBr)c1ccc(S(N)(=O)=O)cc1. The van der Waals surface area contributed by atoms with E-state index in [-0.39, 0.29) is 4.90 Å². The van der Waals surface area contributed by atoms with Gasteiger partial charge in [-0.3, -0.25) is 0 Å². The number of hydrogen-bond donors (Lipinski definition) is 1. The summed E-state index contributed by atoms with van der Waals surface area (Å²) in [6.45, 7) is 2.06. The van der Waals surface area contributed by atoms with Crippen LogP contribution in [-0.2, 0) is 10.0 Å². The lowest BCUT2D eigenvalue weighted by molar-refractivity contribution is 0.597. The van der Waals surface area contributed by atoms with Crippen LogP contribution in [0.2, 0.25) is 0 Å². The van der Waals surface area contributed by atoms with Crippen LogP contribution in [0.4, 0.5) is 0 Å². The van der Waals surface area contributed by atoms with Gasteiger partial charge in [-0.2, -0.15) is 0 Å². The van der Waals surface area contributed by atoms with Gasteiger partial charge in [0.1, 0.15) is 0 Å². The highest BCUT2D eigenvalue weighted by Gasteiger charge is 2.08. The zero-order chi connectivity index (χ0) is 10.8. The average molecular weight is 278 g/mol. The Bertz CT molecular complexity index is 399. The molecule has 0 radical (unpaired) electrons. The summed E-state index contributed by atoms with van der Waals surface area (Å²) in [7, 11) is -3.56. The fraction of sp³-hybridized carbons (Fsp3) is 0.333. The maximum atomic E-state index is 11.0. The van der Waals surface area contributed by atoms with Gasteiger partial charge in [0.15, 0.2) is 0 Å². The van der Waals surface area contributed by atoms with Crippen molar-refractivity contribution < 1.29 is 8.42 Å². The van der Waals surface area contributed by atoms with E-state index in [1.807, 2.05) is 0 Å². The van der Waals surface area contributed by atoms with Crippen LogP contribution in [0.25, 0.3) is 0 Å². The molecule has 0 fully saturated rings. The first kappa shape index (κ1) is 11.7. The van der Waals surface area contributed by atoms with E-state index in [2.05, 4.69) is 22.9 Å². The van der Waals surface area contributed by atoms with E-state index < -0.39 is 10.0 Å². The summed E-state index contributed by atoms with van der Waals surface area (Å²) in [5.41, 5.74) is 1.09. The molecule has 0 bridgehead atoms. The number of benzene rings is 1. The van der Waals surface area contributed by atoms with Crippen LogP contribution in [0.1, 0.15) is 18.4 Å². The van der Waals surface area contributed by atoms with Gasteiger partial charge in [0, 0.05) is 5.33 Å². The molecule has 0 aromatic heterocycles. The van der Waals surface area contributed by atoms with Crippen molar-refractivity contribution in [2.45, 2.75) is 17.7 Å². The minimum Gasteiger partial charge on any atom is -0.225 e. The normalized spacial score (nSPS) is 13.9. The molecular weight excluding hydrogens is 266 g/mol. The molecule has 5 heteroatoms. The smallest absolute Gasteiger partial charge is 0.225 e. The summed E-state index contributed by atoms with van der Waals surface area (Å²) >= 11 is 3.37. The van der Waals surface area contributed by atoms with Crippen molar-refractivity contribution in [3.63, 3.8) is 0 Å². The maximum absolute atomic E-state index is 11.0. The van der Waals surface area contributed by atoms with Crippen LogP contribution in [0.15, 0.2) is 29.2 Å². The molecule has 0 heterocycles. The van der Waals surface area contributed by atoms with Crippen molar-refractivity contribution in [1.82, 2.24) is 0 Å². The van der Waals surface area contributed by atoms with Crippen molar-refractivity contribution in [2.24, 2.45) is 5.14 Å². The van der Waals surface area contributed by atoms with Gasteiger partial charge in [-0.15, -0.1) is 0 Å². The molecule has 1 rings (SSSR count). The Morgan fingerprint density at radius 2 is 1.86 bits per heavy atom. The number of sulfonamides is 1. The van der Waals surface area contributed by atoms with E-state index in [4.69, 9.17) is 5.14 Å². The fourth-order valence-electron chi connectivity index (χ4n) is 1.08. The number of hydrogen-bond acceptors (Lipinski definition) is 2. The van der Waals surface area contributed by atoms with Crippen molar-refractivity contribution in [3.05, 3.63) is 29.8 Å². The molecule has 3 nitrogen and oxygen atoms in total. The van der Waals surface area contributed by atoms with Gasteiger partial charge in [0.25, 0.3) is 0 Å². The summed E-state index contributed by atoms with van der Waals surface area (Å²) in [6.07, 6.45) is 0. The summed E-state index contributed by atoms with van der Waals surface area (Å²) in [5, 5.41) is 5.83. The highest BCUT2D eigenvalue weighted by Crippen LogP contribution is 2.18. The van der Waals surface area contributed by atoms with Gasteiger partial charge in [0.05, 0.1) is 4.90 Å². The van der Waals surface area contributed by atoms with Crippen LogP contribution in [-0.4, -0.2) is 13.7 Å². The van der Waals surface area contributed by atoms with Gasteiger partial charge in [-0.25, -0.2) is 13.6 Å². The Morgan fingerprint density at radius 1 is 1.36 bits per heavy atom. The van der Waals surface area contributed by atoms with Gasteiger partial charge in [-0.1, -0.05) is 35.0 Å². The lowest BCUT2D eigenvalue weighted by Gasteiger charge is -2.07. The van der Waals surface area contributed by atoms with Crippen molar-refractivity contribution >= 4 is 26.0 Å². The van der Waals surface area contributed by atoms with E-state index >= 15 is 0 Å². The van der Waals surface area contributed by atoms with Gasteiger partial charge < -0.3 is 0 Å². The van der Waals surface area contributed by atoms with Crippen LogP contribution in [0, 0.1) is 0 Å². The zero-order valence-corrected chi connectivity index (χ0v) is 10.2. The van der Waals surface area contributed by atoms with Gasteiger partial charge in [0.2, 0.25) is 10.0 Å². The number of alkyl halides is 1. The van der Waals surface area contributed by atoms with E-state index in [9.17, 15) is 8.42 Å². The molecule has 14 heavy (non-hydrogen) atoms. The fourth-order valence-corrected chi connectivity index (χ4v) is 1.96. The largest absolute Gasteiger partial charge is 0.238 e. The number of halogens is 1. The Hall–Kier alpha value is -0.390. The maximum Gasteiger partial charge on any atom is 0.238 e. The molecule has 0 saturated heterocycles. The average Bonchev–Trinajstić information content (AvgIpc) is 2.15. The molecule has 1 aromatic carbocycles. The highest BCUT2D eigenvalue weighted by molar-refractivity contribution is 9.09. The van der Waals surface area contributed by atoms with Crippen molar-refractivity contribution in [1.29, 1.82) is 0 Å². The predicted molar refractivity (Wildman–Crippen MR) is 60.0 cm³/mol. The molecule has 0 amide bonds. The number of primary sulfonamides is 1. The first-order valence-electron chi connectivity index (χ1n) is 4.14. The summed E-state index contributed by atoms with van der Waals surface area (Å²) < 4.78 is 21.9. The summed E-state index contributed by atoms with van der Waals surface area (Å²) in [6, 6.07) is 6.63. The molecule has 1 aromatic rings. The number of nitrogens with two attached hydrogens (primary N) is 1. The number of rotatable bonds is 3. The second-order valence-corrected chi connectivity index (χ2v) is 5.38. The summed E-state index contributed by atoms with van der Waals surface area (Å²) in [4.78, 5) is 0.156. The highest BCUT2D eigenvalue weighted by atomic mass is 79.9. The quantitative estimate of drug-likeness (QED) is 0.857. The zero-order valence-electron chi connectivity index (χ0n) is 7.77. The van der Waals surface area contributed by atoms with Crippen LogP contribution < -0.4 is 5.14 Å². The van der Waals surface area contributed by atoms with Gasteiger partial charge in [-0.05, 0) is 23.6 Å². The first-order chi connectivity index (χ1) is 6.45. The third kappa shape index (κ3) is 2.80. The van der Waals surface area contributed by atoms with E-state index in [0.29, 0.717) is 5.92 Å². The lowest BCUT2D eigenvalue weighted by atomic mass is 10.0. The molecule has 0 saturated carbocycles. The second-order valence-electron chi connectivity index (χ2n) is 3.17. The van der Waals surface area contributed by atoms with Crippen LogP contribution in [0.5, 0.6) is 0 Å². The third-order valence-electron chi connectivity index (χ3n) is 2.01. The lowest BCUT2D eigenvalue weighted by Crippen LogP contribution is -2.12. The monoisotopic (exact) mass is 277 g/mol. The minimum atomic E-state index is -3.56. The minimum absolute atomic E-state index is 0.156. The van der Waals surface area contributed by atoms with Crippen LogP contribution in [0.3, 0.4) is 0 Å². The van der Waals surface area contributed by atoms with Gasteiger partial charge >= 0.3 is 0 Å². The Kier molecular flexibility index (Phi) is 3.69. The molecule has 78 valence electrons. The van der Waals surface area contributed by atoms with E-state index in [1.165, 1.54) is 12.1 Å². The Balaban J connectivity index is 3.01. The molecule has 0 aliphatic heterocycles. The molecule has 0 aliphatic carbocycles. The molecule has 1 atom stereocenters. The molecule has 0 aliphatic rings. The summed E-state index contributed by atoms with van der Waals surface area (Å²) in [5.74, 6) is 0.365. The predicted octanol–water partition coefficient (Wildman–Crippen LogP) is 1.83. The van der Waals surface area contributed by atoms with Crippen molar-refractivity contribution in [2.75, 3.05) is 5.33 Å². The molecular formula is C9H12BrNO2S. The second kappa shape index (κ2) is 4.42. The third-order valence-corrected chi connectivity index (χ3v) is 3.91. The standard InChI is InChI=1S/C9H12BrNO2S/c1-7(6-10)8-2-4-9(5-3-8)14(11,12)13/h2-5,7H,6H2,1H3,(H2,11,12,13). The first-order valence-corrected chi connectivity index (χ1v) is 6.80. The van der Waals surface area contributed by atoms with Crippen LogP contribution >= 0.6 is 15.9 Å². The van der Waals surface area contributed by atoms with Crippen molar-refractivity contribution in [3.8, 4) is 0 Å². The molecule has 1 unspecified atom stereocenters. The van der Waals surface area contributed by atoms with E-state index in [1.54, 1.807) is 12.1 Å². The Morgan fingerprint density at radius 3 is 2.21 bits per heavy atom. The molecule has 2 N–H and O–H groups in total. The van der Waals surface area contributed by atoms with E-state index in [0.717, 1.165) is 10.9 Å².